The van der Waals surface area contributed by atoms with Crippen LogP contribution in [0.5, 0.6) is 0 Å². The van der Waals surface area contributed by atoms with E-state index in [1.165, 1.54) is 199 Å². The number of aliphatic hydroxyl groups excluding tert-OH is 11. The summed E-state index contributed by atoms with van der Waals surface area (Å²) < 4.78 is 34.9. The predicted molar refractivity (Wildman–Crippen MR) is 371 cm³/mol. The van der Waals surface area contributed by atoms with Gasteiger partial charge in [-0.05, 0) is 38.5 Å². The SMILES string of the molecule is CCCCCCCCCCCCCC/C=C\CCCCCCCCCCCCCC(=O)NC(COC1OC(CO)C(OC2OC(CO)C(O)C(OC3(C(=O)O)CC(O)C(NC(C)=O)C(C(O)C(O)CO)O3)C2O)C(O)C1O)C(O)CCCCCCCCCCCCCCCCCC. The number of rotatable bonds is 60. The number of carbonyl (C=O) groups is 3. The molecule has 3 fully saturated rings. The van der Waals surface area contributed by atoms with Crippen LogP contribution in [0.4, 0.5) is 0 Å². The molecule has 3 saturated heterocycles. The molecular formula is C74H138N2O21. The zero-order chi connectivity index (χ0) is 71.1. The van der Waals surface area contributed by atoms with E-state index in [-0.39, 0.29) is 18.9 Å². The van der Waals surface area contributed by atoms with Gasteiger partial charge in [-0.2, -0.15) is 0 Å². The van der Waals surface area contributed by atoms with E-state index >= 15 is 0 Å². The summed E-state index contributed by atoms with van der Waals surface area (Å²) in [4.78, 5) is 38.6. The van der Waals surface area contributed by atoms with Gasteiger partial charge in [0.15, 0.2) is 12.6 Å². The lowest BCUT2D eigenvalue weighted by molar-refractivity contribution is -0.386. The van der Waals surface area contributed by atoms with Crippen LogP contribution >= 0.6 is 0 Å². The van der Waals surface area contributed by atoms with Crippen molar-refractivity contribution in [2.24, 2.45) is 0 Å². The number of carbonyl (C=O) groups excluding carboxylic acids is 2. The Labute approximate surface area is 581 Å². The van der Waals surface area contributed by atoms with Gasteiger partial charge in [0, 0.05) is 19.8 Å². The molecule has 0 aromatic heterocycles. The zero-order valence-electron chi connectivity index (χ0n) is 60.0. The molecule has 0 aliphatic carbocycles. The number of aliphatic carboxylic acids is 1. The summed E-state index contributed by atoms with van der Waals surface area (Å²) in [5, 5.41) is 136. The molecule has 3 aliphatic rings. The van der Waals surface area contributed by atoms with Crippen molar-refractivity contribution in [3.63, 3.8) is 0 Å². The minimum absolute atomic E-state index is 0.225. The van der Waals surface area contributed by atoms with Crippen LogP contribution in [0.25, 0.3) is 0 Å². The van der Waals surface area contributed by atoms with Crippen LogP contribution in [0.2, 0.25) is 0 Å². The number of carboxylic acids is 1. The minimum atomic E-state index is -3.08. The van der Waals surface area contributed by atoms with Crippen LogP contribution in [0.15, 0.2) is 12.2 Å². The molecule has 0 aromatic carbocycles. The lowest BCUT2D eigenvalue weighted by Gasteiger charge is -2.50. The lowest BCUT2D eigenvalue weighted by atomic mass is 9.88. The summed E-state index contributed by atoms with van der Waals surface area (Å²) in [5.41, 5.74) is 0. The summed E-state index contributed by atoms with van der Waals surface area (Å²) in [6.07, 6.45) is 26.4. The zero-order valence-corrected chi connectivity index (χ0v) is 60.0. The molecule has 18 atom stereocenters. The maximum atomic E-state index is 13.5. The lowest BCUT2D eigenvalue weighted by Crippen LogP contribution is -2.70. The van der Waals surface area contributed by atoms with Crippen molar-refractivity contribution in [2.75, 3.05) is 26.4 Å². The van der Waals surface area contributed by atoms with E-state index < -0.39 is 148 Å². The van der Waals surface area contributed by atoms with Crippen molar-refractivity contribution in [1.29, 1.82) is 0 Å². The van der Waals surface area contributed by atoms with Gasteiger partial charge < -0.3 is 100 Å². The highest BCUT2D eigenvalue weighted by Crippen LogP contribution is 2.39. The van der Waals surface area contributed by atoms with Crippen LogP contribution in [0.1, 0.15) is 303 Å². The largest absolute Gasteiger partial charge is 0.477 e. The van der Waals surface area contributed by atoms with E-state index in [1.54, 1.807) is 0 Å². The quantitative estimate of drug-likeness (QED) is 0.0199. The number of aliphatic hydroxyl groups is 11. The molecule has 14 N–H and O–H groups in total. The Hall–Kier alpha value is -2.53. The summed E-state index contributed by atoms with van der Waals surface area (Å²) in [7, 11) is 0. The van der Waals surface area contributed by atoms with Gasteiger partial charge in [0.25, 0.3) is 5.79 Å². The first kappa shape index (κ1) is 88.7. The molecule has 23 heteroatoms. The van der Waals surface area contributed by atoms with Crippen LogP contribution in [0, 0.1) is 0 Å². The standard InChI is InChI=1S/C74H138N2O21/c1-4-6-8-10-12-14-16-18-20-22-23-24-25-26-27-28-29-30-31-32-34-36-38-40-42-44-46-48-61(84)76-55(56(81)47-45-43-41-39-37-35-33-21-19-17-15-13-11-9-7-5-2)53-92-71-66(88)65(87)68(60(52-79)94-71)95-72-67(89)70(64(86)59(51-78)93-72)97-74(73(90)91)49-57(82)62(75-54(3)80)69(96-74)63(85)58(83)50-77/h26-27,55-60,62-72,77-79,81-83,85-89H,4-25,28-53H2,1-3H3,(H,75,80)(H,76,84)(H,90,91)/b27-26-. The van der Waals surface area contributed by atoms with E-state index in [1.807, 2.05) is 0 Å². The average Bonchev–Trinajstić information content (AvgIpc) is 0.760. The minimum Gasteiger partial charge on any atom is -0.477 e. The Morgan fingerprint density at radius 2 is 0.959 bits per heavy atom. The highest BCUT2D eigenvalue weighted by molar-refractivity contribution is 5.77. The third kappa shape index (κ3) is 35.5. The number of amides is 2. The van der Waals surface area contributed by atoms with E-state index in [2.05, 4.69) is 36.6 Å². The van der Waals surface area contributed by atoms with Gasteiger partial charge in [-0.3, -0.25) is 9.59 Å². The Morgan fingerprint density at radius 3 is 1.39 bits per heavy atom. The van der Waals surface area contributed by atoms with Crippen LogP contribution < -0.4 is 10.6 Å². The topological polar surface area (TPSA) is 373 Å². The fraction of sp³-hybridized carbons (Fsp3) is 0.932. The van der Waals surface area contributed by atoms with E-state index in [9.17, 15) is 75.7 Å². The molecule has 18 unspecified atom stereocenters. The first-order valence-corrected chi connectivity index (χ1v) is 38.5. The van der Waals surface area contributed by atoms with Crippen molar-refractivity contribution in [3.05, 3.63) is 12.2 Å². The molecular weight excluding hydrogens is 1250 g/mol. The Morgan fingerprint density at radius 1 is 0.526 bits per heavy atom. The van der Waals surface area contributed by atoms with Crippen molar-refractivity contribution < 1.29 is 104 Å². The van der Waals surface area contributed by atoms with Gasteiger partial charge in [0.2, 0.25) is 11.8 Å². The molecule has 2 amide bonds. The van der Waals surface area contributed by atoms with Crippen molar-refractivity contribution in [2.45, 2.75) is 413 Å². The third-order valence-corrected chi connectivity index (χ3v) is 19.7. The van der Waals surface area contributed by atoms with E-state index in [0.29, 0.717) is 19.3 Å². The van der Waals surface area contributed by atoms with Crippen LogP contribution in [0.3, 0.4) is 0 Å². The third-order valence-electron chi connectivity index (χ3n) is 19.7. The first-order valence-electron chi connectivity index (χ1n) is 38.5. The van der Waals surface area contributed by atoms with Crippen LogP contribution in [-0.2, 0) is 42.8 Å². The second-order valence-electron chi connectivity index (χ2n) is 28.2. The maximum absolute atomic E-state index is 13.5. The van der Waals surface area contributed by atoms with Crippen molar-refractivity contribution in [3.8, 4) is 0 Å². The fourth-order valence-electron chi connectivity index (χ4n) is 13.6. The van der Waals surface area contributed by atoms with Gasteiger partial charge in [-0.25, -0.2) is 4.79 Å². The summed E-state index contributed by atoms with van der Waals surface area (Å²) in [6.45, 7) is 2.24. The fourth-order valence-corrected chi connectivity index (χ4v) is 13.6. The van der Waals surface area contributed by atoms with Gasteiger partial charge in [0.1, 0.15) is 67.1 Å². The number of nitrogens with one attached hydrogen (secondary N) is 2. The van der Waals surface area contributed by atoms with Crippen molar-refractivity contribution in [1.82, 2.24) is 10.6 Å². The van der Waals surface area contributed by atoms with Crippen molar-refractivity contribution >= 4 is 17.8 Å². The smallest absolute Gasteiger partial charge is 0.364 e. The summed E-state index contributed by atoms with van der Waals surface area (Å²) >= 11 is 0. The monoisotopic (exact) mass is 1390 g/mol. The second-order valence-corrected chi connectivity index (χ2v) is 28.2. The number of unbranched alkanes of at least 4 members (excludes halogenated alkanes) is 38. The molecule has 0 spiro atoms. The van der Waals surface area contributed by atoms with E-state index in [0.717, 1.165) is 58.3 Å². The molecule has 0 bridgehead atoms. The highest BCUT2D eigenvalue weighted by atomic mass is 16.8. The van der Waals surface area contributed by atoms with Gasteiger partial charge in [-0.1, -0.05) is 257 Å². The first-order chi connectivity index (χ1) is 46.9. The summed E-state index contributed by atoms with van der Waals surface area (Å²) in [5.74, 6) is -6.10. The van der Waals surface area contributed by atoms with E-state index in [4.69, 9.17) is 28.4 Å². The number of allylic oxidation sites excluding steroid dienone is 2. The Balaban J connectivity index is 1.52. The number of carboxylic acid groups (broad SMARTS) is 1. The molecule has 3 heterocycles. The number of hydrogen-bond donors (Lipinski definition) is 14. The Bertz CT molecular complexity index is 2000. The molecule has 23 nitrogen and oxygen atoms in total. The number of hydrogen-bond acceptors (Lipinski definition) is 20. The molecule has 0 saturated carbocycles. The summed E-state index contributed by atoms with van der Waals surface area (Å²) in [6, 6.07) is -2.53. The molecule has 3 aliphatic heterocycles. The highest BCUT2D eigenvalue weighted by Gasteiger charge is 2.60. The molecule has 3 rings (SSSR count). The predicted octanol–water partition coefficient (Wildman–Crippen LogP) is 9.02. The molecule has 0 aromatic rings. The van der Waals surface area contributed by atoms with Gasteiger partial charge in [0.05, 0.1) is 50.7 Å². The van der Waals surface area contributed by atoms with Crippen LogP contribution in [-0.4, -0.2) is 215 Å². The maximum Gasteiger partial charge on any atom is 0.364 e. The average molecular weight is 1390 g/mol. The normalized spacial score (nSPS) is 27.4. The molecule has 0 radical (unpaired) electrons. The van der Waals surface area contributed by atoms with Gasteiger partial charge in [-0.15, -0.1) is 0 Å². The second kappa shape index (κ2) is 54.2. The Kier molecular flexibility index (Phi) is 49.5. The molecule has 570 valence electrons. The number of ether oxygens (including phenoxy) is 6. The van der Waals surface area contributed by atoms with Gasteiger partial charge >= 0.3 is 5.97 Å². The molecule has 97 heavy (non-hydrogen) atoms.